The van der Waals surface area contributed by atoms with Crippen LogP contribution in [0, 0.1) is 11.8 Å². The average molecular weight is 216 g/mol. The first kappa shape index (κ1) is 13.7. The van der Waals surface area contributed by atoms with E-state index in [0.717, 1.165) is 0 Å². The van der Waals surface area contributed by atoms with Gasteiger partial charge < -0.3 is 15.8 Å². The van der Waals surface area contributed by atoms with E-state index in [0.29, 0.717) is 6.61 Å². The zero-order chi connectivity index (χ0) is 12.0. The largest absolute Gasteiger partial charge is 0.464 e. The van der Waals surface area contributed by atoms with Crippen LogP contribution in [0.3, 0.4) is 0 Å². The highest BCUT2D eigenvalue weighted by Crippen LogP contribution is 2.05. The molecule has 2 amide bonds. The van der Waals surface area contributed by atoms with Crippen LogP contribution in [-0.2, 0) is 9.53 Å². The molecule has 0 heterocycles. The summed E-state index contributed by atoms with van der Waals surface area (Å²) < 4.78 is 5.02. The van der Waals surface area contributed by atoms with Gasteiger partial charge in [0.1, 0.15) is 6.04 Å². The van der Waals surface area contributed by atoms with E-state index in [-0.39, 0.29) is 11.8 Å². The maximum atomic E-state index is 11.5. The van der Waals surface area contributed by atoms with Gasteiger partial charge in [0.2, 0.25) is 0 Å². The van der Waals surface area contributed by atoms with Crippen molar-refractivity contribution in [1.29, 1.82) is 0 Å². The number of nitrogens with two attached hydrogens (primary N) is 1. The molecule has 1 atom stereocenters. The van der Waals surface area contributed by atoms with Gasteiger partial charge in [-0.3, -0.25) is 0 Å². The van der Waals surface area contributed by atoms with Crippen molar-refractivity contribution in [3.63, 3.8) is 0 Å². The molecule has 0 rings (SSSR count). The number of carbonyl (C=O) groups is 2. The first-order valence-electron chi connectivity index (χ1n) is 5.07. The molecule has 0 aromatic heterocycles. The molecule has 0 aromatic carbocycles. The minimum Gasteiger partial charge on any atom is -0.464 e. The van der Waals surface area contributed by atoms with Crippen LogP contribution in [-0.4, -0.2) is 24.6 Å². The Balaban J connectivity index is 4.23. The Bertz CT molecular complexity index is 227. The van der Waals surface area contributed by atoms with Crippen LogP contribution in [0.1, 0.15) is 27.7 Å². The third-order valence-corrected chi connectivity index (χ3v) is 1.78. The van der Waals surface area contributed by atoms with E-state index in [1.54, 1.807) is 0 Å². The number of nitrogens with one attached hydrogen (secondary N) is 1. The van der Waals surface area contributed by atoms with Gasteiger partial charge in [-0.15, -0.1) is 0 Å². The van der Waals surface area contributed by atoms with E-state index in [4.69, 9.17) is 10.5 Å². The highest BCUT2D eigenvalue weighted by atomic mass is 16.5. The lowest BCUT2D eigenvalue weighted by Crippen LogP contribution is -2.47. The monoisotopic (exact) mass is 216 g/mol. The van der Waals surface area contributed by atoms with Gasteiger partial charge in [0, 0.05) is 0 Å². The highest BCUT2D eigenvalue weighted by molar-refractivity contribution is 5.82. The number of rotatable bonds is 5. The predicted molar refractivity (Wildman–Crippen MR) is 57.1 cm³/mol. The predicted octanol–water partition coefficient (Wildman–Crippen LogP) is 0.878. The van der Waals surface area contributed by atoms with E-state index < -0.39 is 18.0 Å². The number of primary amides is 1. The topological polar surface area (TPSA) is 81.4 Å². The molecule has 0 saturated heterocycles. The minimum absolute atomic E-state index is 0.0443. The lowest BCUT2D eigenvalue weighted by Gasteiger charge is -2.20. The van der Waals surface area contributed by atoms with Gasteiger partial charge in [0.15, 0.2) is 0 Å². The molecule has 0 aliphatic rings. The molecule has 0 aliphatic heterocycles. The Morgan fingerprint density at radius 2 is 1.80 bits per heavy atom. The average Bonchev–Trinajstić information content (AvgIpc) is 2.09. The van der Waals surface area contributed by atoms with Crippen LogP contribution < -0.4 is 11.1 Å². The van der Waals surface area contributed by atoms with Crippen molar-refractivity contribution in [3.8, 4) is 0 Å². The summed E-state index contributed by atoms with van der Waals surface area (Å²) in [5.74, 6) is -0.204. The van der Waals surface area contributed by atoms with E-state index in [1.807, 2.05) is 27.7 Å². The summed E-state index contributed by atoms with van der Waals surface area (Å²) in [5.41, 5.74) is 4.97. The van der Waals surface area contributed by atoms with E-state index >= 15 is 0 Å². The molecule has 3 N–H and O–H groups in total. The Kier molecular flexibility index (Phi) is 5.74. The third-order valence-electron chi connectivity index (χ3n) is 1.78. The number of urea groups is 1. The van der Waals surface area contributed by atoms with Crippen LogP contribution in [0.25, 0.3) is 0 Å². The number of amides is 2. The first-order valence-corrected chi connectivity index (χ1v) is 5.07. The van der Waals surface area contributed by atoms with Crippen LogP contribution in [0.5, 0.6) is 0 Å². The number of hydrogen-bond acceptors (Lipinski definition) is 3. The fourth-order valence-electron chi connectivity index (χ4n) is 0.990. The lowest BCUT2D eigenvalue weighted by atomic mass is 10.1. The number of hydrogen-bond donors (Lipinski definition) is 2. The van der Waals surface area contributed by atoms with Crippen LogP contribution in [0.4, 0.5) is 4.79 Å². The fraction of sp³-hybridized carbons (Fsp3) is 0.800. The summed E-state index contributed by atoms with van der Waals surface area (Å²) in [6.45, 7) is 7.87. The third kappa shape index (κ3) is 5.93. The smallest absolute Gasteiger partial charge is 0.328 e. The maximum Gasteiger partial charge on any atom is 0.328 e. The highest BCUT2D eigenvalue weighted by Gasteiger charge is 2.24. The summed E-state index contributed by atoms with van der Waals surface area (Å²) in [6, 6.07) is -1.38. The van der Waals surface area contributed by atoms with Crippen LogP contribution in [0.2, 0.25) is 0 Å². The molecule has 0 spiro atoms. The number of carbonyl (C=O) groups excluding carboxylic acids is 2. The van der Waals surface area contributed by atoms with Crippen molar-refractivity contribution in [2.24, 2.45) is 17.6 Å². The van der Waals surface area contributed by atoms with Gasteiger partial charge >= 0.3 is 12.0 Å². The maximum absolute atomic E-state index is 11.5. The van der Waals surface area contributed by atoms with Crippen molar-refractivity contribution in [2.75, 3.05) is 6.61 Å². The van der Waals surface area contributed by atoms with Crippen molar-refractivity contribution >= 4 is 12.0 Å². The molecule has 0 fully saturated rings. The Hall–Kier alpha value is -1.26. The molecule has 0 radical (unpaired) electrons. The Morgan fingerprint density at radius 3 is 2.13 bits per heavy atom. The second kappa shape index (κ2) is 6.27. The normalized spacial score (nSPS) is 12.7. The first-order chi connectivity index (χ1) is 6.84. The molecule has 0 bridgehead atoms. The van der Waals surface area contributed by atoms with E-state index in [2.05, 4.69) is 5.32 Å². The minimum atomic E-state index is -0.713. The number of esters is 1. The molecule has 0 unspecified atom stereocenters. The van der Waals surface area contributed by atoms with Crippen LogP contribution in [0.15, 0.2) is 0 Å². The SMILES string of the molecule is CC(C)COC(=O)[C@@H](NC(N)=O)C(C)C. The summed E-state index contributed by atoms with van der Waals surface area (Å²) in [7, 11) is 0. The molecule has 15 heavy (non-hydrogen) atoms. The molecule has 0 aromatic rings. The fourth-order valence-corrected chi connectivity index (χ4v) is 0.990. The summed E-state index contributed by atoms with van der Waals surface area (Å²) in [5, 5.41) is 2.37. The van der Waals surface area contributed by atoms with E-state index in [9.17, 15) is 9.59 Å². The Labute approximate surface area is 90.4 Å². The molecular weight excluding hydrogens is 196 g/mol. The van der Waals surface area contributed by atoms with Crippen molar-refractivity contribution in [1.82, 2.24) is 5.32 Å². The zero-order valence-corrected chi connectivity index (χ0v) is 9.74. The zero-order valence-electron chi connectivity index (χ0n) is 9.74. The number of ether oxygens (including phenoxy) is 1. The van der Waals surface area contributed by atoms with Gasteiger partial charge in [-0.05, 0) is 11.8 Å². The second-order valence-electron chi connectivity index (χ2n) is 4.25. The summed E-state index contributed by atoms with van der Waals surface area (Å²) >= 11 is 0. The lowest BCUT2D eigenvalue weighted by molar-refractivity contribution is -0.148. The van der Waals surface area contributed by atoms with E-state index in [1.165, 1.54) is 0 Å². The molecule has 5 heteroatoms. The molecule has 0 aliphatic carbocycles. The molecule has 5 nitrogen and oxygen atoms in total. The van der Waals surface area contributed by atoms with Crippen molar-refractivity contribution < 1.29 is 14.3 Å². The summed E-state index contributed by atoms with van der Waals surface area (Å²) in [4.78, 5) is 22.2. The van der Waals surface area contributed by atoms with Crippen molar-refractivity contribution in [3.05, 3.63) is 0 Å². The molecule has 0 saturated carbocycles. The van der Waals surface area contributed by atoms with Gasteiger partial charge in [0.05, 0.1) is 6.61 Å². The van der Waals surface area contributed by atoms with Crippen LogP contribution >= 0.6 is 0 Å². The van der Waals surface area contributed by atoms with Gasteiger partial charge in [0.25, 0.3) is 0 Å². The standard InChI is InChI=1S/C10H20N2O3/c1-6(2)5-15-9(13)8(7(3)4)12-10(11)14/h6-8H,5H2,1-4H3,(H3,11,12,14)/t8-/m0/s1. The van der Waals surface area contributed by atoms with Gasteiger partial charge in [-0.2, -0.15) is 0 Å². The van der Waals surface area contributed by atoms with Gasteiger partial charge in [-0.1, -0.05) is 27.7 Å². The second-order valence-corrected chi connectivity index (χ2v) is 4.25. The summed E-state index contributed by atoms with van der Waals surface area (Å²) in [6.07, 6.45) is 0. The quantitative estimate of drug-likeness (QED) is 0.669. The molecule has 88 valence electrons. The van der Waals surface area contributed by atoms with Crippen molar-refractivity contribution in [2.45, 2.75) is 33.7 Å². The Morgan fingerprint density at radius 1 is 1.27 bits per heavy atom. The van der Waals surface area contributed by atoms with Gasteiger partial charge in [-0.25, -0.2) is 9.59 Å². The molecular formula is C10H20N2O3.